The van der Waals surface area contributed by atoms with Gasteiger partial charge in [-0.1, -0.05) is 44.4 Å². The summed E-state index contributed by atoms with van der Waals surface area (Å²) in [4.78, 5) is 15.9. The van der Waals surface area contributed by atoms with Gasteiger partial charge in [0.25, 0.3) is 0 Å². The van der Waals surface area contributed by atoms with Crippen LogP contribution in [0.4, 0.5) is 5.69 Å². The van der Waals surface area contributed by atoms with E-state index in [1.165, 1.54) is 19.3 Å². The lowest BCUT2D eigenvalue weighted by Gasteiger charge is -2.11. The minimum Gasteiger partial charge on any atom is -0.356 e. The molecule has 0 heterocycles. The highest BCUT2D eigenvalue weighted by Gasteiger charge is 2.03. The summed E-state index contributed by atoms with van der Waals surface area (Å²) in [5.41, 5.74) is 0.798. The Bertz CT molecular complexity index is 431. The van der Waals surface area contributed by atoms with Crippen LogP contribution in [0.15, 0.2) is 35.3 Å². The fourth-order valence-electron chi connectivity index (χ4n) is 1.87. The van der Waals surface area contributed by atoms with E-state index in [1.54, 1.807) is 7.05 Å². The van der Waals surface area contributed by atoms with Crippen LogP contribution >= 0.6 is 0 Å². The maximum atomic E-state index is 11.8. The van der Waals surface area contributed by atoms with E-state index >= 15 is 0 Å². The summed E-state index contributed by atoms with van der Waals surface area (Å²) in [6.07, 6.45) is 4.82. The highest BCUT2D eigenvalue weighted by atomic mass is 16.1. The molecule has 0 aromatic heterocycles. The van der Waals surface area contributed by atoms with Crippen LogP contribution in [-0.2, 0) is 4.79 Å². The summed E-state index contributed by atoms with van der Waals surface area (Å²) < 4.78 is 0. The zero-order chi connectivity index (χ0) is 15.3. The molecular weight excluding hydrogens is 264 g/mol. The Morgan fingerprint density at radius 2 is 1.86 bits per heavy atom. The van der Waals surface area contributed by atoms with E-state index in [0.29, 0.717) is 5.96 Å². The summed E-state index contributed by atoms with van der Waals surface area (Å²) in [7, 11) is 1.70. The largest absolute Gasteiger partial charge is 0.356 e. The van der Waals surface area contributed by atoms with Crippen molar-refractivity contribution in [3.8, 4) is 0 Å². The first-order valence-electron chi connectivity index (χ1n) is 7.55. The lowest BCUT2D eigenvalue weighted by atomic mass is 10.2. The molecular formula is C16H26N4O. The standard InChI is InChI=1S/C16H26N4O/c1-3-4-5-9-12-18-16(17-2)19-13-15(21)20-14-10-7-6-8-11-14/h6-8,10-11H,3-5,9,12-13H2,1-2H3,(H,20,21)(H2,17,18,19). The van der Waals surface area contributed by atoms with Gasteiger partial charge in [-0.3, -0.25) is 9.79 Å². The van der Waals surface area contributed by atoms with Gasteiger partial charge in [0, 0.05) is 19.3 Å². The number of hydrogen-bond donors (Lipinski definition) is 3. The van der Waals surface area contributed by atoms with Crippen molar-refractivity contribution in [1.82, 2.24) is 10.6 Å². The number of benzene rings is 1. The third kappa shape index (κ3) is 7.97. The number of carbonyl (C=O) groups is 1. The predicted octanol–water partition coefficient (Wildman–Crippen LogP) is 2.37. The van der Waals surface area contributed by atoms with Gasteiger partial charge in [0.2, 0.25) is 5.91 Å². The van der Waals surface area contributed by atoms with Gasteiger partial charge < -0.3 is 16.0 Å². The molecule has 0 unspecified atom stereocenters. The summed E-state index contributed by atoms with van der Waals surface area (Å²) in [5.74, 6) is 0.574. The number of anilines is 1. The van der Waals surface area contributed by atoms with Gasteiger partial charge in [0.1, 0.15) is 0 Å². The summed E-state index contributed by atoms with van der Waals surface area (Å²) in [6.45, 7) is 3.27. The van der Waals surface area contributed by atoms with E-state index < -0.39 is 0 Å². The monoisotopic (exact) mass is 290 g/mol. The van der Waals surface area contributed by atoms with Crippen molar-refractivity contribution in [3.63, 3.8) is 0 Å². The topological polar surface area (TPSA) is 65.5 Å². The number of aliphatic imine (C=N–C) groups is 1. The smallest absolute Gasteiger partial charge is 0.243 e. The number of carbonyl (C=O) groups excluding carboxylic acids is 1. The molecule has 0 spiro atoms. The van der Waals surface area contributed by atoms with Gasteiger partial charge in [-0.25, -0.2) is 0 Å². The van der Waals surface area contributed by atoms with Crippen molar-refractivity contribution in [2.24, 2.45) is 4.99 Å². The van der Waals surface area contributed by atoms with Crippen molar-refractivity contribution in [2.45, 2.75) is 32.6 Å². The Kier molecular flexibility index (Phi) is 8.68. The molecule has 0 aliphatic carbocycles. The molecule has 0 saturated heterocycles. The fourth-order valence-corrected chi connectivity index (χ4v) is 1.87. The predicted molar refractivity (Wildman–Crippen MR) is 88.6 cm³/mol. The first-order valence-corrected chi connectivity index (χ1v) is 7.55. The molecule has 0 fully saturated rings. The quantitative estimate of drug-likeness (QED) is 0.391. The summed E-state index contributed by atoms with van der Waals surface area (Å²) >= 11 is 0. The molecule has 1 aromatic carbocycles. The zero-order valence-electron chi connectivity index (χ0n) is 13.0. The molecule has 1 amide bonds. The van der Waals surface area contributed by atoms with Gasteiger partial charge >= 0.3 is 0 Å². The van der Waals surface area contributed by atoms with Gasteiger partial charge in [0.15, 0.2) is 5.96 Å². The maximum absolute atomic E-state index is 11.8. The Morgan fingerprint density at radius 1 is 1.10 bits per heavy atom. The number of unbranched alkanes of at least 4 members (excludes halogenated alkanes) is 3. The average Bonchev–Trinajstić information content (AvgIpc) is 2.51. The van der Waals surface area contributed by atoms with Crippen LogP contribution in [0.3, 0.4) is 0 Å². The van der Waals surface area contributed by atoms with Crippen LogP contribution in [0, 0.1) is 0 Å². The van der Waals surface area contributed by atoms with E-state index in [0.717, 1.165) is 18.7 Å². The number of para-hydroxylation sites is 1. The second-order valence-corrected chi connectivity index (χ2v) is 4.83. The third-order valence-corrected chi connectivity index (χ3v) is 3.02. The third-order valence-electron chi connectivity index (χ3n) is 3.02. The highest BCUT2D eigenvalue weighted by Crippen LogP contribution is 2.03. The van der Waals surface area contributed by atoms with Gasteiger partial charge in [-0.05, 0) is 18.6 Å². The normalized spacial score (nSPS) is 11.0. The van der Waals surface area contributed by atoms with Crippen molar-refractivity contribution in [3.05, 3.63) is 30.3 Å². The van der Waals surface area contributed by atoms with E-state index in [-0.39, 0.29) is 12.5 Å². The first-order chi connectivity index (χ1) is 10.3. The number of nitrogens with one attached hydrogen (secondary N) is 3. The highest BCUT2D eigenvalue weighted by molar-refractivity contribution is 5.94. The summed E-state index contributed by atoms with van der Waals surface area (Å²) in [5, 5.41) is 9.03. The zero-order valence-corrected chi connectivity index (χ0v) is 13.0. The van der Waals surface area contributed by atoms with Crippen LogP contribution in [0.2, 0.25) is 0 Å². The Morgan fingerprint density at radius 3 is 2.52 bits per heavy atom. The number of rotatable bonds is 8. The van der Waals surface area contributed by atoms with E-state index in [1.807, 2.05) is 30.3 Å². The fraction of sp³-hybridized carbons (Fsp3) is 0.500. The molecule has 5 nitrogen and oxygen atoms in total. The molecule has 0 bridgehead atoms. The molecule has 0 saturated carbocycles. The molecule has 0 atom stereocenters. The minimum absolute atomic E-state index is 0.0878. The van der Waals surface area contributed by atoms with E-state index in [9.17, 15) is 4.79 Å². The van der Waals surface area contributed by atoms with Gasteiger partial charge in [0.05, 0.1) is 6.54 Å². The molecule has 0 radical (unpaired) electrons. The molecule has 0 aliphatic rings. The number of guanidine groups is 1. The van der Waals surface area contributed by atoms with Crippen LogP contribution in [0.5, 0.6) is 0 Å². The Hall–Kier alpha value is -2.04. The molecule has 1 aromatic rings. The SMILES string of the molecule is CCCCCCNC(=NC)NCC(=O)Nc1ccccc1. The summed E-state index contributed by atoms with van der Waals surface area (Å²) in [6, 6.07) is 9.41. The Labute approximate surface area is 127 Å². The maximum Gasteiger partial charge on any atom is 0.243 e. The lowest BCUT2D eigenvalue weighted by molar-refractivity contribution is -0.115. The molecule has 0 aliphatic heterocycles. The van der Waals surface area contributed by atoms with Crippen LogP contribution < -0.4 is 16.0 Å². The number of nitrogens with zero attached hydrogens (tertiary/aromatic N) is 1. The molecule has 3 N–H and O–H groups in total. The minimum atomic E-state index is -0.0878. The van der Waals surface area contributed by atoms with Gasteiger partial charge in [-0.15, -0.1) is 0 Å². The number of amides is 1. The van der Waals surface area contributed by atoms with Crippen LogP contribution in [0.25, 0.3) is 0 Å². The van der Waals surface area contributed by atoms with Crippen molar-refractivity contribution in [1.29, 1.82) is 0 Å². The van der Waals surface area contributed by atoms with Crippen LogP contribution in [-0.4, -0.2) is 32.0 Å². The molecule has 5 heteroatoms. The van der Waals surface area contributed by atoms with Gasteiger partial charge in [-0.2, -0.15) is 0 Å². The van der Waals surface area contributed by atoms with Crippen molar-refractivity contribution < 1.29 is 4.79 Å². The molecule has 21 heavy (non-hydrogen) atoms. The first kappa shape index (κ1) is 17.0. The molecule has 116 valence electrons. The second-order valence-electron chi connectivity index (χ2n) is 4.83. The van der Waals surface area contributed by atoms with Crippen molar-refractivity contribution >= 4 is 17.6 Å². The van der Waals surface area contributed by atoms with E-state index in [2.05, 4.69) is 27.9 Å². The lowest BCUT2D eigenvalue weighted by Crippen LogP contribution is -2.41. The number of hydrogen-bond acceptors (Lipinski definition) is 2. The van der Waals surface area contributed by atoms with Crippen LogP contribution in [0.1, 0.15) is 32.6 Å². The second kappa shape index (κ2) is 10.7. The van der Waals surface area contributed by atoms with E-state index in [4.69, 9.17) is 0 Å². The Balaban J connectivity index is 2.20. The van der Waals surface area contributed by atoms with Crippen molar-refractivity contribution in [2.75, 3.05) is 25.5 Å². The average molecular weight is 290 g/mol. The molecule has 1 rings (SSSR count).